The van der Waals surface area contributed by atoms with E-state index in [-0.39, 0.29) is 279 Å². The van der Waals surface area contributed by atoms with E-state index < -0.39 is 182 Å². The van der Waals surface area contributed by atoms with Crippen LogP contribution in [0.25, 0.3) is 33.5 Å². The zero-order chi connectivity index (χ0) is 88.5. The average Bonchev–Trinajstić information content (AvgIpc) is 1.64. The van der Waals surface area contributed by atoms with E-state index in [1.807, 2.05) is 0 Å². The number of aliphatic hydroxyl groups is 1. The molecule has 15 rings (SSSR count). The number of hydrogen-bond donors (Lipinski definition) is 4. The van der Waals surface area contributed by atoms with E-state index >= 15 is 0 Å². The second kappa shape index (κ2) is 46.3. The number of aliphatic hydroxyl groups excluding tert-OH is 1. The molecule has 0 aliphatic carbocycles. The van der Waals surface area contributed by atoms with Gasteiger partial charge < -0.3 is 85.0 Å². The number of nitrogens with one attached hydrogen (secondary N) is 3. The number of carbonyl (C=O) groups excluding carboxylic acids is 6. The van der Waals surface area contributed by atoms with Gasteiger partial charge in [0.15, 0.2) is 51.8 Å². The number of halogens is 15. The summed E-state index contributed by atoms with van der Waals surface area (Å²) in [5, 5.41) is 52.5. The Balaban J connectivity index is 0.000000228. The van der Waals surface area contributed by atoms with Gasteiger partial charge in [-0.1, -0.05) is 36.4 Å². The van der Waals surface area contributed by atoms with Crippen molar-refractivity contribution in [3.05, 3.63) is 161 Å². The summed E-state index contributed by atoms with van der Waals surface area (Å²) in [5.74, 6) is -12.4. The largest absolute Gasteiger partial charge is 1.00 e. The Morgan fingerprint density at radius 1 is 0.394 bits per heavy atom. The number of nitrogens with zero attached hydrogens (tertiary/aromatic N) is 15. The van der Waals surface area contributed by atoms with Gasteiger partial charge in [0.2, 0.25) is 17.7 Å². The van der Waals surface area contributed by atoms with E-state index in [0.29, 0.717) is 86.7 Å². The fourth-order valence-corrected chi connectivity index (χ4v) is 16.7. The maximum atomic E-state index is 14.5. The molecule has 0 radical (unpaired) electrons. The molecule has 0 spiro atoms. The first kappa shape index (κ1) is 105. The molecule has 9 amide bonds. The van der Waals surface area contributed by atoms with Crippen molar-refractivity contribution in [3.8, 4) is 18.0 Å². The third-order valence-corrected chi connectivity index (χ3v) is 22.5. The number of amides is 9. The van der Waals surface area contributed by atoms with E-state index in [1.165, 1.54) is 69.7 Å². The smallest absolute Gasteiger partial charge is 0.846 e. The quantitative estimate of drug-likeness (QED) is 0.0960. The third kappa shape index (κ3) is 26.4. The molecule has 9 aromatic rings. The fraction of sp³-hybridized carbons (Fsp3) is 0.475. The summed E-state index contributed by atoms with van der Waals surface area (Å²) in [6.07, 6.45) is -7.04. The Morgan fingerprint density at radius 2 is 0.630 bits per heavy atom. The Morgan fingerprint density at radius 3 is 0.858 bits per heavy atom. The molecule has 3 aromatic carbocycles. The summed E-state index contributed by atoms with van der Waals surface area (Å²) in [6.45, 7) is -2.81. The predicted molar refractivity (Wildman–Crippen MR) is 407 cm³/mol. The van der Waals surface area contributed by atoms with Gasteiger partial charge in [-0.15, -0.1) is 0 Å². The SMILES string of the molecule is CCO.O.O=C(N[C@@H]1CC[C@@H](c2cccc(F)c2F)CN(CC(F)(F)F)C1=O)N1CCC(n2c([O-])nc3ncccc32)CC1.O=C(N[C@@H]1CC[C@@H](c2cccc(F)c2F)CN(CC(F)(F)F)C1=O)N1CCC(n2c([O-])nc3ncccc32)CC1.O=C(N[C@@H]1CC[C@@H](c2cccc(F)c2F)CN(CC(F)(F)F)C1=O)N1CCC(n2c([O-])nc3ncccc32)CC1.[K+].[K+].[K+]. The number of urea groups is 3. The number of aromatic nitrogens is 9. The first-order valence-electron chi connectivity index (χ1n) is 39.6. The molecule has 6 N–H and O–H groups in total. The monoisotopic (exact) mass is 1880 g/mol. The average molecular weight is 1880 g/mol. The van der Waals surface area contributed by atoms with Crippen LogP contribution in [0.2, 0.25) is 0 Å². The Bertz CT molecular complexity index is 4770. The van der Waals surface area contributed by atoms with Gasteiger partial charge in [0.1, 0.15) is 37.8 Å². The van der Waals surface area contributed by atoms with Crippen LogP contribution in [0.3, 0.4) is 0 Å². The number of alkyl halides is 9. The maximum Gasteiger partial charge on any atom is 1.00 e. The van der Waals surface area contributed by atoms with Crippen molar-refractivity contribution in [2.75, 3.05) is 85.1 Å². The normalized spacial score (nSPS) is 20.1. The number of fused-ring (bicyclic) bond motifs is 3. The van der Waals surface area contributed by atoms with Crippen molar-refractivity contribution in [3.63, 3.8) is 0 Å². The maximum absolute atomic E-state index is 14.5. The number of rotatable bonds is 12. The van der Waals surface area contributed by atoms with Crippen LogP contribution in [0.5, 0.6) is 18.0 Å². The summed E-state index contributed by atoms with van der Waals surface area (Å²) < 4.78 is 209. The molecule has 6 atom stereocenters. The third-order valence-electron chi connectivity index (χ3n) is 22.5. The standard InChI is InChI=1S/3C26H27F5N6O3.C2H6O.3K.H2O/c3*27-18-4-1-3-17(21(18)28)15-6-7-19(23(38)36(13-15)14-26(29,30)31)33-24(39)35-11-8-16(9-12-35)37-20-5-2-10-32-22(20)34-25(37)40;1-2-3;;;;/h3*1-5,10,15-16,19H,6-9,11-14H2,(H,33,39)(H,32,34,40);3H,2H2,1H3;;;;1H2/q;;;;3*+1;/p-3/t3*15-,19-;;;;;/m111...../s1. The van der Waals surface area contributed by atoms with E-state index in [9.17, 15) is 110 Å². The zero-order valence-corrected chi connectivity index (χ0v) is 78.6. The van der Waals surface area contributed by atoms with Crippen LogP contribution in [0.4, 0.5) is 80.2 Å². The van der Waals surface area contributed by atoms with Crippen molar-refractivity contribution in [2.45, 2.75) is 157 Å². The second-order valence-electron chi connectivity index (χ2n) is 30.6. The van der Waals surface area contributed by atoms with Crippen LogP contribution < -0.4 is 185 Å². The van der Waals surface area contributed by atoms with Crippen LogP contribution >= 0.6 is 0 Å². The van der Waals surface area contributed by atoms with E-state index in [4.69, 9.17) is 5.11 Å². The first-order chi connectivity index (χ1) is 58.5. The molecule has 0 saturated carbocycles. The summed E-state index contributed by atoms with van der Waals surface area (Å²) >= 11 is 0. The first-order valence-corrected chi connectivity index (χ1v) is 39.6. The fourth-order valence-electron chi connectivity index (χ4n) is 16.7. The van der Waals surface area contributed by atoms with E-state index in [1.54, 1.807) is 57.0 Å². The molecule has 127 heavy (non-hydrogen) atoms. The van der Waals surface area contributed by atoms with Gasteiger partial charge in [-0.3, -0.25) is 14.4 Å². The van der Waals surface area contributed by atoms with Gasteiger partial charge in [-0.25, -0.2) is 70.6 Å². The molecule has 0 bridgehead atoms. The van der Waals surface area contributed by atoms with Crippen LogP contribution in [0, 0.1) is 34.9 Å². The molecule has 6 fully saturated rings. The van der Waals surface area contributed by atoms with Crippen molar-refractivity contribution in [1.82, 2.24) is 89.0 Å². The van der Waals surface area contributed by atoms with Gasteiger partial charge in [0.05, 0.1) is 34.6 Å². The summed E-state index contributed by atoms with van der Waals surface area (Å²) in [5.41, 5.74) is 2.42. The minimum Gasteiger partial charge on any atom is -0.846 e. The summed E-state index contributed by atoms with van der Waals surface area (Å²) in [6, 6.07) is 13.0. The van der Waals surface area contributed by atoms with Crippen molar-refractivity contribution in [1.29, 1.82) is 0 Å². The summed E-state index contributed by atoms with van der Waals surface area (Å²) in [4.78, 5) is 109. The zero-order valence-electron chi connectivity index (χ0n) is 69.3. The van der Waals surface area contributed by atoms with Gasteiger partial charge in [-0.2, -0.15) is 39.5 Å². The number of hydrogen-bond acceptors (Lipinski definition) is 16. The molecule has 6 aromatic heterocycles. The Hall–Kier alpha value is -7.08. The molecule has 6 saturated heterocycles. The number of benzene rings is 3. The van der Waals surface area contributed by atoms with Crippen molar-refractivity contribution in [2.24, 2.45) is 0 Å². The van der Waals surface area contributed by atoms with Crippen LogP contribution in [-0.4, -0.2) is 241 Å². The molecular weight excluding hydrogens is 1790 g/mol. The van der Waals surface area contributed by atoms with Crippen LogP contribution in [0.15, 0.2) is 110 Å². The van der Waals surface area contributed by atoms with Gasteiger partial charge >= 0.3 is 191 Å². The van der Waals surface area contributed by atoms with Gasteiger partial charge in [0, 0.05) is 120 Å². The Labute approximate surface area is 843 Å². The molecule has 47 heteroatoms. The number of likely N-dealkylation sites (tertiary alicyclic amines) is 6. The van der Waals surface area contributed by atoms with Gasteiger partial charge in [-0.05, 0) is 155 Å². The molecule has 12 heterocycles. The van der Waals surface area contributed by atoms with E-state index in [2.05, 4.69) is 45.9 Å². The number of carbonyl (C=O) groups is 6. The minimum absolute atomic E-state index is 0. The van der Waals surface area contributed by atoms with Crippen molar-refractivity contribution >= 4 is 69.3 Å². The van der Waals surface area contributed by atoms with E-state index in [0.717, 1.165) is 18.2 Å². The van der Waals surface area contributed by atoms with Gasteiger partial charge in [0.25, 0.3) is 0 Å². The Kier molecular flexibility index (Phi) is 38.4. The predicted octanol–water partition coefficient (Wildman–Crippen LogP) is 0.586. The second-order valence-corrected chi connectivity index (χ2v) is 30.6. The molecule has 6 aliphatic rings. The molecule has 0 unspecified atom stereocenters. The number of pyridine rings is 3. The number of imidazole rings is 3. The molecular formula is C80H86F15K3N18O11. The number of piperidine rings is 3. The molecule has 29 nitrogen and oxygen atoms in total. The van der Waals surface area contributed by atoms with Crippen molar-refractivity contribution < 1.29 is 275 Å². The summed E-state index contributed by atoms with van der Waals surface area (Å²) in [7, 11) is 0. The molecule has 670 valence electrons. The molecule has 6 aliphatic heterocycles. The van der Waals surface area contributed by atoms with Crippen LogP contribution in [-0.2, 0) is 14.4 Å². The van der Waals surface area contributed by atoms with Crippen LogP contribution in [0.1, 0.15) is 137 Å². The topological polar surface area (TPSA) is 371 Å². The minimum atomic E-state index is -4.73.